The van der Waals surface area contributed by atoms with Gasteiger partial charge in [0.2, 0.25) is 5.91 Å². The molecule has 1 unspecified atom stereocenters. The van der Waals surface area contributed by atoms with Gasteiger partial charge in [0.1, 0.15) is 0 Å². The van der Waals surface area contributed by atoms with Crippen molar-refractivity contribution in [1.82, 2.24) is 10.2 Å². The predicted octanol–water partition coefficient (Wildman–Crippen LogP) is 0.766. The third kappa shape index (κ3) is 3.19. The van der Waals surface area contributed by atoms with Crippen LogP contribution < -0.4 is 5.32 Å². The third-order valence-electron chi connectivity index (χ3n) is 3.87. The fraction of sp³-hybridized carbons (Fsp3) is 0.923. The molecule has 2 aliphatic carbocycles. The van der Waals surface area contributed by atoms with Crippen molar-refractivity contribution in [3.63, 3.8) is 0 Å². The number of morpholine rings is 1. The van der Waals surface area contributed by atoms with Crippen LogP contribution in [0.25, 0.3) is 0 Å². The summed E-state index contributed by atoms with van der Waals surface area (Å²) in [5, 5.41) is 3.28. The summed E-state index contributed by atoms with van der Waals surface area (Å²) in [7, 11) is 0. The molecule has 17 heavy (non-hydrogen) atoms. The molecule has 3 fully saturated rings. The molecule has 4 heteroatoms. The maximum Gasteiger partial charge on any atom is 0.225 e. The normalized spacial score (nSPS) is 29.1. The fourth-order valence-electron chi connectivity index (χ4n) is 2.48. The maximum absolute atomic E-state index is 12.3. The molecule has 1 aliphatic heterocycles. The number of amides is 1. The Balaban J connectivity index is 1.50. The van der Waals surface area contributed by atoms with Gasteiger partial charge in [-0.3, -0.25) is 4.79 Å². The van der Waals surface area contributed by atoms with Crippen LogP contribution in [0.1, 0.15) is 32.1 Å². The number of hydrogen-bond donors (Lipinski definition) is 1. The number of rotatable bonds is 5. The van der Waals surface area contributed by atoms with Crippen LogP contribution in [0.3, 0.4) is 0 Å². The van der Waals surface area contributed by atoms with E-state index >= 15 is 0 Å². The van der Waals surface area contributed by atoms with E-state index in [1.165, 1.54) is 25.7 Å². The lowest BCUT2D eigenvalue weighted by Gasteiger charge is -2.27. The van der Waals surface area contributed by atoms with Gasteiger partial charge in [-0.05, 0) is 31.6 Å². The minimum Gasteiger partial charge on any atom is -0.375 e. The summed E-state index contributed by atoms with van der Waals surface area (Å²) in [6.45, 7) is 3.49. The Morgan fingerprint density at radius 2 is 2.12 bits per heavy atom. The van der Waals surface area contributed by atoms with Crippen LogP contribution in [0.15, 0.2) is 0 Å². The number of nitrogens with one attached hydrogen (secondary N) is 1. The Bertz CT molecular complexity index is 281. The van der Waals surface area contributed by atoms with Crippen LogP contribution in [0, 0.1) is 5.92 Å². The molecule has 3 aliphatic rings. The predicted molar refractivity (Wildman–Crippen MR) is 64.7 cm³/mol. The Morgan fingerprint density at radius 3 is 2.71 bits per heavy atom. The van der Waals surface area contributed by atoms with Crippen molar-refractivity contribution in [3.05, 3.63) is 0 Å². The molecule has 0 bridgehead atoms. The Hall–Kier alpha value is -0.610. The van der Waals surface area contributed by atoms with Crippen molar-refractivity contribution >= 4 is 5.91 Å². The summed E-state index contributed by atoms with van der Waals surface area (Å²) in [6, 6.07) is 0.555. The summed E-state index contributed by atoms with van der Waals surface area (Å²) in [6.07, 6.45) is 5.72. The lowest BCUT2D eigenvalue weighted by molar-refractivity contribution is -0.135. The van der Waals surface area contributed by atoms with E-state index in [1.807, 2.05) is 0 Å². The highest BCUT2D eigenvalue weighted by Crippen LogP contribution is 2.35. The number of carbonyl (C=O) groups excluding carboxylic acids is 1. The SMILES string of the molecule is O=C(CC1CNCCO1)N(CC1CC1)C1CC1. The first-order valence-electron chi connectivity index (χ1n) is 6.94. The zero-order valence-corrected chi connectivity index (χ0v) is 10.4. The van der Waals surface area contributed by atoms with Crippen LogP contribution in [0.5, 0.6) is 0 Å². The molecule has 1 N–H and O–H groups in total. The van der Waals surface area contributed by atoms with E-state index in [-0.39, 0.29) is 6.10 Å². The average Bonchev–Trinajstić information content (AvgIpc) is 3.20. The first-order valence-corrected chi connectivity index (χ1v) is 6.94. The first-order chi connectivity index (χ1) is 8.33. The molecule has 1 amide bonds. The number of carbonyl (C=O) groups is 1. The van der Waals surface area contributed by atoms with Gasteiger partial charge < -0.3 is 15.0 Å². The Kier molecular flexibility index (Phi) is 3.34. The zero-order valence-electron chi connectivity index (χ0n) is 10.4. The zero-order chi connectivity index (χ0) is 11.7. The molecule has 0 spiro atoms. The number of hydrogen-bond acceptors (Lipinski definition) is 3. The second-order valence-corrected chi connectivity index (χ2v) is 5.62. The molecule has 3 rings (SSSR count). The lowest BCUT2D eigenvalue weighted by Crippen LogP contribution is -2.43. The molecule has 2 saturated carbocycles. The van der Waals surface area contributed by atoms with Crippen molar-refractivity contribution in [3.8, 4) is 0 Å². The van der Waals surface area contributed by atoms with Crippen LogP contribution in [0.2, 0.25) is 0 Å². The van der Waals surface area contributed by atoms with Crippen molar-refractivity contribution in [2.75, 3.05) is 26.2 Å². The van der Waals surface area contributed by atoms with Crippen molar-refractivity contribution < 1.29 is 9.53 Å². The summed E-state index contributed by atoms with van der Waals surface area (Å²) < 4.78 is 5.61. The summed E-state index contributed by atoms with van der Waals surface area (Å²) in [5.74, 6) is 1.11. The van der Waals surface area contributed by atoms with Gasteiger partial charge in [-0.1, -0.05) is 0 Å². The molecule has 1 saturated heterocycles. The highest BCUT2D eigenvalue weighted by Gasteiger charge is 2.37. The van der Waals surface area contributed by atoms with Gasteiger partial charge in [-0.2, -0.15) is 0 Å². The van der Waals surface area contributed by atoms with Gasteiger partial charge in [-0.25, -0.2) is 0 Å². The molecule has 96 valence electrons. The van der Waals surface area contributed by atoms with E-state index in [1.54, 1.807) is 0 Å². The molecule has 0 aromatic carbocycles. The van der Waals surface area contributed by atoms with E-state index in [0.717, 1.165) is 32.2 Å². The van der Waals surface area contributed by atoms with Gasteiger partial charge in [0.15, 0.2) is 0 Å². The Labute approximate surface area is 103 Å². The maximum atomic E-state index is 12.3. The number of nitrogens with zero attached hydrogens (tertiary/aromatic N) is 1. The van der Waals surface area contributed by atoms with E-state index in [0.29, 0.717) is 18.4 Å². The molecule has 4 nitrogen and oxygen atoms in total. The second-order valence-electron chi connectivity index (χ2n) is 5.62. The smallest absolute Gasteiger partial charge is 0.225 e. The molecule has 0 radical (unpaired) electrons. The van der Waals surface area contributed by atoms with Gasteiger partial charge in [-0.15, -0.1) is 0 Å². The van der Waals surface area contributed by atoms with E-state index in [9.17, 15) is 4.79 Å². The first kappa shape index (κ1) is 11.5. The lowest BCUT2D eigenvalue weighted by atomic mass is 10.2. The van der Waals surface area contributed by atoms with Crippen LogP contribution in [-0.2, 0) is 9.53 Å². The molecule has 0 aromatic rings. The molecule has 0 aromatic heterocycles. The minimum absolute atomic E-state index is 0.0942. The van der Waals surface area contributed by atoms with Gasteiger partial charge in [0, 0.05) is 25.7 Å². The molecular weight excluding hydrogens is 216 g/mol. The molecule has 1 atom stereocenters. The van der Waals surface area contributed by atoms with Gasteiger partial charge in [0.05, 0.1) is 19.1 Å². The standard InChI is InChI=1S/C13H22N2O2/c16-13(7-12-8-14-5-6-17-12)15(11-3-4-11)9-10-1-2-10/h10-12,14H,1-9H2. The van der Waals surface area contributed by atoms with Gasteiger partial charge >= 0.3 is 0 Å². The average molecular weight is 238 g/mol. The van der Waals surface area contributed by atoms with Crippen LogP contribution >= 0.6 is 0 Å². The van der Waals surface area contributed by atoms with Crippen LogP contribution in [-0.4, -0.2) is 49.2 Å². The van der Waals surface area contributed by atoms with E-state index in [2.05, 4.69) is 10.2 Å². The Morgan fingerprint density at radius 1 is 1.29 bits per heavy atom. The summed E-state index contributed by atoms with van der Waals surface area (Å²) >= 11 is 0. The molecular formula is C13H22N2O2. The van der Waals surface area contributed by atoms with E-state index in [4.69, 9.17) is 4.74 Å². The largest absolute Gasteiger partial charge is 0.375 e. The highest BCUT2D eigenvalue weighted by atomic mass is 16.5. The van der Waals surface area contributed by atoms with Crippen molar-refractivity contribution in [2.45, 2.75) is 44.2 Å². The second kappa shape index (κ2) is 4.94. The highest BCUT2D eigenvalue weighted by molar-refractivity contribution is 5.77. The summed E-state index contributed by atoms with van der Waals surface area (Å²) in [4.78, 5) is 14.4. The topological polar surface area (TPSA) is 41.6 Å². The van der Waals surface area contributed by atoms with Gasteiger partial charge in [0.25, 0.3) is 0 Å². The monoisotopic (exact) mass is 238 g/mol. The third-order valence-corrected chi connectivity index (χ3v) is 3.87. The van der Waals surface area contributed by atoms with Crippen molar-refractivity contribution in [1.29, 1.82) is 0 Å². The quantitative estimate of drug-likeness (QED) is 0.769. The number of ether oxygens (including phenoxy) is 1. The van der Waals surface area contributed by atoms with E-state index < -0.39 is 0 Å². The van der Waals surface area contributed by atoms with Crippen LogP contribution in [0.4, 0.5) is 0 Å². The summed E-state index contributed by atoms with van der Waals surface area (Å²) in [5.41, 5.74) is 0. The molecule has 1 heterocycles. The minimum atomic E-state index is 0.0942. The van der Waals surface area contributed by atoms with Crippen molar-refractivity contribution in [2.24, 2.45) is 5.92 Å². The fourth-order valence-corrected chi connectivity index (χ4v) is 2.48.